The molecule has 3 rings (SSSR count). The topological polar surface area (TPSA) is 39.9 Å². The lowest BCUT2D eigenvalue weighted by Gasteiger charge is -2.21. The number of rotatable bonds is 7. The molecule has 19 heavy (non-hydrogen) atoms. The molecule has 1 aromatic heterocycles. The van der Waals surface area contributed by atoms with Crippen LogP contribution in [0.1, 0.15) is 51.0 Å². The molecular weight excluding hydrogens is 258 g/mol. The number of thioether (sulfide) groups is 1. The van der Waals surface area contributed by atoms with Crippen molar-refractivity contribution in [1.82, 2.24) is 14.8 Å². The standard InChI is InChI=1S/C14H23N3OS/c1(3-12-6-8-18-9-7-12)2-10-19-14-16-15-11-17(14)13-4-5-13/h11-13H,1-10H2. The van der Waals surface area contributed by atoms with Crippen molar-refractivity contribution in [2.75, 3.05) is 19.0 Å². The Bertz CT molecular complexity index is 386. The van der Waals surface area contributed by atoms with Crippen LogP contribution in [0, 0.1) is 5.92 Å². The van der Waals surface area contributed by atoms with Gasteiger partial charge in [-0.15, -0.1) is 10.2 Å². The molecule has 2 fully saturated rings. The third-order valence-electron chi connectivity index (χ3n) is 4.06. The predicted octanol–water partition coefficient (Wildman–Crippen LogP) is 3.30. The van der Waals surface area contributed by atoms with Crippen molar-refractivity contribution >= 4 is 11.8 Å². The molecule has 0 aromatic carbocycles. The van der Waals surface area contributed by atoms with E-state index in [0.29, 0.717) is 6.04 Å². The normalized spacial score (nSPS) is 20.8. The molecule has 0 unspecified atom stereocenters. The van der Waals surface area contributed by atoms with Crippen LogP contribution in [0.5, 0.6) is 0 Å². The molecule has 5 heteroatoms. The zero-order valence-electron chi connectivity index (χ0n) is 11.5. The fourth-order valence-corrected chi connectivity index (χ4v) is 3.65. The lowest BCUT2D eigenvalue weighted by Crippen LogP contribution is -2.15. The lowest BCUT2D eigenvalue weighted by molar-refractivity contribution is 0.0633. The number of ether oxygens (including phenoxy) is 1. The van der Waals surface area contributed by atoms with E-state index in [2.05, 4.69) is 14.8 Å². The van der Waals surface area contributed by atoms with Gasteiger partial charge in [-0.05, 0) is 38.0 Å². The lowest BCUT2D eigenvalue weighted by atomic mass is 9.94. The van der Waals surface area contributed by atoms with E-state index in [9.17, 15) is 0 Å². The molecule has 1 saturated carbocycles. The third kappa shape index (κ3) is 3.96. The van der Waals surface area contributed by atoms with E-state index in [-0.39, 0.29) is 0 Å². The minimum Gasteiger partial charge on any atom is -0.381 e. The smallest absolute Gasteiger partial charge is 0.191 e. The van der Waals surface area contributed by atoms with Crippen LogP contribution in [0.2, 0.25) is 0 Å². The molecule has 4 nitrogen and oxygen atoms in total. The van der Waals surface area contributed by atoms with E-state index in [1.807, 2.05) is 18.1 Å². The van der Waals surface area contributed by atoms with Crippen LogP contribution in [-0.4, -0.2) is 33.7 Å². The first-order valence-electron chi connectivity index (χ1n) is 7.53. The Morgan fingerprint density at radius 2 is 2.05 bits per heavy atom. The third-order valence-corrected chi connectivity index (χ3v) is 5.10. The summed E-state index contributed by atoms with van der Waals surface area (Å²) in [6, 6.07) is 0.694. The first-order chi connectivity index (χ1) is 9.43. The SMILES string of the molecule is c1nnc(SCCCCC2CCOCC2)n1C1CC1. The number of aromatic nitrogens is 3. The van der Waals surface area contributed by atoms with Crippen molar-refractivity contribution in [1.29, 1.82) is 0 Å². The van der Waals surface area contributed by atoms with Crippen molar-refractivity contribution < 1.29 is 4.74 Å². The van der Waals surface area contributed by atoms with E-state index < -0.39 is 0 Å². The first kappa shape index (κ1) is 13.4. The highest BCUT2D eigenvalue weighted by Gasteiger charge is 2.26. The maximum absolute atomic E-state index is 5.40. The van der Waals surface area contributed by atoms with Crippen LogP contribution in [0.4, 0.5) is 0 Å². The Morgan fingerprint density at radius 1 is 1.21 bits per heavy atom. The highest BCUT2D eigenvalue weighted by atomic mass is 32.2. The summed E-state index contributed by atoms with van der Waals surface area (Å²) in [6.07, 6.45) is 11.0. The average molecular weight is 281 g/mol. The second-order valence-corrected chi connectivity index (χ2v) is 6.71. The molecule has 2 aliphatic rings. The van der Waals surface area contributed by atoms with Crippen LogP contribution in [0.15, 0.2) is 11.5 Å². The van der Waals surface area contributed by atoms with Gasteiger partial charge in [0.1, 0.15) is 6.33 Å². The Balaban J connectivity index is 1.31. The van der Waals surface area contributed by atoms with E-state index in [1.165, 1.54) is 50.7 Å². The number of nitrogens with zero attached hydrogens (tertiary/aromatic N) is 3. The highest BCUT2D eigenvalue weighted by Crippen LogP contribution is 2.37. The minimum absolute atomic E-state index is 0.694. The fraction of sp³-hybridized carbons (Fsp3) is 0.857. The molecule has 0 amide bonds. The molecule has 1 saturated heterocycles. The van der Waals surface area contributed by atoms with Gasteiger partial charge in [0.05, 0.1) is 0 Å². The van der Waals surface area contributed by atoms with Gasteiger partial charge >= 0.3 is 0 Å². The molecule has 0 atom stereocenters. The number of hydrogen-bond donors (Lipinski definition) is 0. The van der Waals surface area contributed by atoms with Crippen molar-refractivity contribution in [3.8, 4) is 0 Å². The van der Waals surface area contributed by atoms with Crippen molar-refractivity contribution in [3.63, 3.8) is 0 Å². The monoisotopic (exact) mass is 281 g/mol. The van der Waals surface area contributed by atoms with Gasteiger partial charge in [-0.25, -0.2) is 0 Å². The van der Waals surface area contributed by atoms with Crippen LogP contribution >= 0.6 is 11.8 Å². The van der Waals surface area contributed by atoms with Crippen molar-refractivity contribution in [3.05, 3.63) is 6.33 Å². The largest absolute Gasteiger partial charge is 0.381 e. The Labute approximate surface area is 119 Å². The minimum atomic E-state index is 0.694. The molecule has 0 bridgehead atoms. The summed E-state index contributed by atoms with van der Waals surface area (Å²) < 4.78 is 7.65. The Kier molecular flexibility index (Phi) is 4.77. The highest BCUT2D eigenvalue weighted by molar-refractivity contribution is 7.99. The van der Waals surface area contributed by atoms with E-state index in [0.717, 1.165) is 24.3 Å². The summed E-state index contributed by atoms with van der Waals surface area (Å²) in [4.78, 5) is 0. The maximum atomic E-state index is 5.40. The quantitative estimate of drug-likeness (QED) is 0.568. The van der Waals surface area contributed by atoms with Crippen LogP contribution in [-0.2, 0) is 4.74 Å². The van der Waals surface area contributed by atoms with Crippen LogP contribution in [0.3, 0.4) is 0 Å². The Morgan fingerprint density at radius 3 is 2.84 bits per heavy atom. The van der Waals surface area contributed by atoms with Gasteiger partial charge in [-0.1, -0.05) is 24.6 Å². The second-order valence-electron chi connectivity index (χ2n) is 5.65. The predicted molar refractivity (Wildman–Crippen MR) is 76.4 cm³/mol. The fourth-order valence-electron chi connectivity index (χ4n) is 2.67. The average Bonchev–Trinajstić information content (AvgIpc) is 3.19. The number of unbranched alkanes of at least 4 members (excludes halogenated alkanes) is 1. The van der Waals surface area contributed by atoms with E-state index in [4.69, 9.17) is 4.74 Å². The van der Waals surface area contributed by atoms with Gasteiger partial charge in [0, 0.05) is 25.0 Å². The summed E-state index contributed by atoms with van der Waals surface area (Å²) in [5, 5.41) is 9.38. The molecule has 2 heterocycles. The van der Waals surface area contributed by atoms with Crippen molar-refractivity contribution in [2.45, 2.75) is 56.1 Å². The van der Waals surface area contributed by atoms with Crippen molar-refractivity contribution in [2.24, 2.45) is 5.92 Å². The maximum Gasteiger partial charge on any atom is 0.191 e. The molecule has 1 aromatic rings. The molecule has 106 valence electrons. The molecule has 1 aliphatic heterocycles. The Hall–Kier alpha value is -0.550. The molecule has 0 radical (unpaired) electrons. The molecular formula is C14H23N3OS. The summed E-state index contributed by atoms with van der Waals surface area (Å²) >= 11 is 1.87. The van der Waals surface area contributed by atoms with E-state index in [1.54, 1.807) is 0 Å². The number of hydrogen-bond acceptors (Lipinski definition) is 4. The first-order valence-corrected chi connectivity index (χ1v) is 8.52. The second kappa shape index (κ2) is 6.75. The molecule has 1 aliphatic carbocycles. The van der Waals surface area contributed by atoms with Crippen LogP contribution in [0.25, 0.3) is 0 Å². The summed E-state index contributed by atoms with van der Waals surface area (Å²) in [6.45, 7) is 1.95. The van der Waals surface area contributed by atoms with Gasteiger partial charge in [0.2, 0.25) is 0 Å². The zero-order chi connectivity index (χ0) is 12.9. The molecule has 0 spiro atoms. The summed E-state index contributed by atoms with van der Waals surface area (Å²) in [7, 11) is 0. The zero-order valence-corrected chi connectivity index (χ0v) is 12.3. The van der Waals surface area contributed by atoms with Gasteiger partial charge in [-0.2, -0.15) is 0 Å². The van der Waals surface area contributed by atoms with Gasteiger partial charge in [-0.3, -0.25) is 0 Å². The summed E-state index contributed by atoms with van der Waals surface area (Å²) in [5.41, 5.74) is 0. The molecule has 0 N–H and O–H groups in total. The van der Waals surface area contributed by atoms with Crippen LogP contribution < -0.4 is 0 Å². The summed E-state index contributed by atoms with van der Waals surface area (Å²) in [5.74, 6) is 2.09. The van der Waals surface area contributed by atoms with E-state index >= 15 is 0 Å². The van der Waals surface area contributed by atoms with Gasteiger partial charge in [0.15, 0.2) is 5.16 Å². The van der Waals surface area contributed by atoms with Gasteiger partial charge < -0.3 is 9.30 Å². The van der Waals surface area contributed by atoms with Gasteiger partial charge in [0.25, 0.3) is 0 Å².